The summed E-state index contributed by atoms with van der Waals surface area (Å²) in [6.45, 7) is 19.5. The summed E-state index contributed by atoms with van der Waals surface area (Å²) in [4.78, 5) is 1.91. The van der Waals surface area contributed by atoms with Crippen LogP contribution >= 0.6 is 34.0 Å². The molecule has 4 heterocycles. The molecule has 14 heteroatoms. The molecule has 0 radical (unpaired) electrons. The highest BCUT2D eigenvalue weighted by Gasteiger charge is 2.81. The molecular weight excluding hydrogens is 915 g/mol. The van der Waals surface area contributed by atoms with Crippen LogP contribution < -0.4 is 9.47 Å². The predicted octanol–water partition coefficient (Wildman–Crippen LogP) is 15.5. The van der Waals surface area contributed by atoms with Crippen molar-refractivity contribution < 1.29 is 49.7 Å². The molecule has 0 saturated heterocycles. The second kappa shape index (κ2) is 16.9. The van der Waals surface area contributed by atoms with Gasteiger partial charge in [0.15, 0.2) is 11.5 Å². The maximum atomic E-state index is 17.3. The maximum Gasteiger partial charge on any atom is 0.380 e. The lowest BCUT2D eigenvalue weighted by molar-refractivity contribution is -0.254. The number of rotatable bonds is 13. The Bertz CT molecular complexity index is 2790. The van der Waals surface area contributed by atoms with E-state index < -0.39 is 45.3 Å². The molecule has 5 nitrogen and oxygen atoms in total. The molecule has 354 valence electrons. The summed E-state index contributed by atoms with van der Waals surface area (Å²) < 4.78 is 132. The molecule has 1 unspecified atom stereocenters. The van der Waals surface area contributed by atoms with Crippen molar-refractivity contribution in [3.8, 4) is 21.3 Å². The van der Waals surface area contributed by atoms with Crippen molar-refractivity contribution >= 4 is 56.1 Å². The van der Waals surface area contributed by atoms with E-state index in [4.69, 9.17) is 23.4 Å². The van der Waals surface area contributed by atoms with E-state index in [1.807, 2.05) is 88.7 Å². The Labute approximate surface area is 394 Å². The average Bonchev–Trinajstić information content (AvgIpc) is 4.07. The van der Waals surface area contributed by atoms with Crippen molar-refractivity contribution in [2.45, 2.75) is 115 Å². The Morgan fingerprint density at radius 2 is 1.14 bits per heavy atom. The van der Waals surface area contributed by atoms with Crippen molar-refractivity contribution in [1.82, 2.24) is 0 Å². The fourth-order valence-corrected chi connectivity index (χ4v) is 12.8. The fourth-order valence-electron chi connectivity index (χ4n) is 8.74. The first-order chi connectivity index (χ1) is 30.8. The number of fused-ring (bicyclic) bond motifs is 6. The van der Waals surface area contributed by atoms with Crippen LogP contribution in [0.2, 0.25) is 0 Å². The van der Waals surface area contributed by atoms with Gasteiger partial charge < -0.3 is 23.4 Å². The van der Waals surface area contributed by atoms with E-state index in [-0.39, 0.29) is 62.7 Å². The van der Waals surface area contributed by atoms with Crippen LogP contribution in [0.15, 0.2) is 69.8 Å². The fraction of sp³-hybridized carbons (Fsp3) is 0.462. The smallest absolute Gasteiger partial charge is 0.380 e. The number of alkyl halides is 6. The first kappa shape index (κ1) is 48.4. The zero-order valence-electron chi connectivity index (χ0n) is 39.1. The molecule has 2 aliphatic rings. The van der Waals surface area contributed by atoms with Gasteiger partial charge >= 0.3 is 17.8 Å². The Balaban J connectivity index is 1.57. The zero-order chi connectivity index (χ0) is 48.0. The van der Waals surface area contributed by atoms with Crippen LogP contribution in [0.4, 0.5) is 26.3 Å². The van der Waals surface area contributed by atoms with E-state index in [1.165, 1.54) is 40.9 Å². The van der Waals surface area contributed by atoms with E-state index in [1.54, 1.807) is 14.2 Å². The first-order valence-electron chi connectivity index (χ1n) is 22.0. The molecule has 0 fully saturated rings. The molecule has 2 aromatic carbocycles. The van der Waals surface area contributed by atoms with Crippen LogP contribution in [0.25, 0.3) is 31.9 Å². The van der Waals surface area contributed by atoms with Crippen molar-refractivity contribution in [2.75, 3.05) is 40.6 Å². The Morgan fingerprint density at radius 1 is 0.591 bits per heavy atom. The minimum absolute atomic E-state index is 0.0243. The number of hydrogen-bond acceptors (Lipinski definition) is 8. The van der Waals surface area contributed by atoms with Crippen LogP contribution in [0.3, 0.4) is 0 Å². The summed E-state index contributed by atoms with van der Waals surface area (Å²) in [5.41, 5.74) is -3.16. The van der Waals surface area contributed by atoms with Gasteiger partial charge in [-0.2, -0.15) is 26.3 Å². The summed E-state index contributed by atoms with van der Waals surface area (Å²) in [6, 6.07) is 15.9. The lowest BCUT2D eigenvalue weighted by Gasteiger charge is -2.34. The van der Waals surface area contributed by atoms with E-state index in [9.17, 15) is 0 Å². The highest BCUT2D eigenvalue weighted by molar-refractivity contribution is 7.22. The zero-order valence-corrected chi connectivity index (χ0v) is 41.6. The van der Waals surface area contributed by atoms with Gasteiger partial charge in [-0.1, -0.05) is 86.6 Å². The summed E-state index contributed by atoms with van der Waals surface area (Å²) >= 11 is 3.87. The Kier molecular flexibility index (Phi) is 12.4. The maximum absolute atomic E-state index is 17.3. The van der Waals surface area contributed by atoms with E-state index in [0.29, 0.717) is 46.3 Å². The van der Waals surface area contributed by atoms with Crippen LogP contribution in [0.5, 0.6) is 11.5 Å². The standard InChI is InChI=1S/C52H56F6O5S3/c1-46(2,3)29-14-16-30(17-15-29)49(40-23-32(28-65-40)48(7,8)9)44-41(33-24-36(61-20-12-18-59-10)37(26-35(33)63-44)62-21-13-19-60-11)43-42(50(53,54)52(57,58)51(43,55)56)34-25-39(66-45(34)49)38-22-31(27-64-38)47(4,5)6/h14-17,22-28H,12-13,18-21H2,1-11H3. The summed E-state index contributed by atoms with van der Waals surface area (Å²) in [5.74, 6) is -16.4. The second-order valence-electron chi connectivity index (χ2n) is 20.3. The number of thiophene rings is 3. The SMILES string of the molecule is COCCCOc1cc2oc3c(c2cc1OCCCOC)C1=C(c2cc(-c4cc(C(C)(C)C)cs4)sc2C3(c2ccc(C(C)(C)C)cc2)c2cc(C(C)(C)C)cs2)C(F)(F)C(F)(F)C1(F)F. The monoisotopic (exact) mass is 970 g/mol. The molecule has 1 atom stereocenters. The Hall–Kier alpha value is -4.08. The normalized spacial score (nSPS) is 18.9. The van der Waals surface area contributed by atoms with Crippen LogP contribution in [-0.2, 0) is 31.1 Å². The third kappa shape index (κ3) is 7.74. The first-order valence-corrected chi connectivity index (χ1v) is 24.6. The lowest BCUT2D eigenvalue weighted by Crippen LogP contribution is -2.49. The molecule has 66 heavy (non-hydrogen) atoms. The molecule has 0 aliphatic heterocycles. The van der Waals surface area contributed by atoms with Crippen LogP contribution in [-0.4, -0.2) is 58.4 Å². The number of allylic oxidation sites excluding steroid dienone is 2. The molecular formula is C52H56F6O5S3. The van der Waals surface area contributed by atoms with Gasteiger partial charge in [0.1, 0.15) is 16.8 Å². The van der Waals surface area contributed by atoms with E-state index >= 15 is 26.3 Å². The third-order valence-electron chi connectivity index (χ3n) is 12.6. The molecule has 0 saturated carbocycles. The molecule has 2 aliphatic carbocycles. The molecule has 0 amide bonds. The summed E-state index contributed by atoms with van der Waals surface area (Å²) in [7, 11) is 3.11. The van der Waals surface area contributed by atoms with Crippen molar-refractivity contribution in [3.63, 3.8) is 0 Å². The van der Waals surface area contributed by atoms with Crippen LogP contribution in [0, 0.1) is 0 Å². The quantitative estimate of drug-likeness (QED) is 0.0853. The number of methoxy groups -OCH3 is 2. The van der Waals surface area contributed by atoms with Crippen molar-refractivity contribution in [3.05, 3.63) is 114 Å². The lowest BCUT2D eigenvalue weighted by atomic mass is 9.71. The minimum Gasteiger partial charge on any atom is -0.490 e. The molecule has 0 N–H and O–H groups in total. The summed E-state index contributed by atoms with van der Waals surface area (Å²) in [6.07, 6.45) is 0.936. The van der Waals surface area contributed by atoms with Gasteiger partial charge in [-0.25, -0.2) is 0 Å². The highest BCUT2D eigenvalue weighted by Crippen LogP contribution is 2.71. The average molecular weight is 971 g/mol. The highest BCUT2D eigenvalue weighted by atomic mass is 32.1. The van der Waals surface area contributed by atoms with Gasteiger partial charge in [0.05, 0.1) is 13.2 Å². The van der Waals surface area contributed by atoms with Gasteiger partial charge in [0.25, 0.3) is 0 Å². The summed E-state index contributed by atoms with van der Waals surface area (Å²) in [5, 5.41) is 3.86. The number of hydrogen-bond donors (Lipinski definition) is 0. The van der Waals surface area contributed by atoms with Gasteiger partial charge in [0, 0.05) is 93.5 Å². The predicted molar refractivity (Wildman–Crippen MR) is 255 cm³/mol. The van der Waals surface area contributed by atoms with E-state index in [2.05, 4.69) is 20.8 Å². The molecule has 6 aromatic rings. The van der Waals surface area contributed by atoms with E-state index in [0.717, 1.165) is 28.0 Å². The van der Waals surface area contributed by atoms with Gasteiger partial charge in [-0.3, -0.25) is 0 Å². The van der Waals surface area contributed by atoms with Crippen LogP contribution in [0.1, 0.15) is 124 Å². The molecule has 0 spiro atoms. The van der Waals surface area contributed by atoms with Gasteiger partial charge in [-0.05, 0) is 73.5 Å². The Morgan fingerprint density at radius 3 is 1.68 bits per heavy atom. The number of ether oxygens (including phenoxy) is 4. The largest absolute Gasteiger partial charge is 0.490 e. The topological polar surface area (TPSA) is 50.1 Å². The van der Waals surface area contributed by atoms with Gasteiger partial charge in [0.2, 0.25) is 0 Å². The van der Waals surface area contributed by atoms with Gasteiger partial charge in [-0.15, -0.1) is 34.0 Å². The minimum atomic E-state index is -5.81. The number of halogens is 6. The molecule has 8 rings (SSSR count). The molecule has 0 bridgehead atoms. The third-order valence-corrected chi connectivity index (χ3v) is 16.0. The van der Waals surface area contributed by atoms with Crippen molar-refractivity contribution in [1.29, 1.82) is 0 Å². The molecule has 4 aromatic heterocycles. The number of benzene rings is 2. The van der Waals surface area contributed by atoms with Crippen molar-refractivity contribution in [2.24, 2.45) is 0 Å². The number of furan rings is 1. The second-order valence-corrected chi connectivity index (χ2v) is 23.2.